The maximum absolute atomic E-state index is 13.9. The van der Waals surface area contributed by atoms with Crippen molar-refractivity contribution in [3.8, 4) is 0 Å². The van der Waals surface area contributed by atoms with Crippen molar-refractivity contribution in [3.05, 3.63) is 48.2 Å². The number of hydrogen-bond acceptors (Lipinski definition) is 5. The molecule has 3 rings (SSSR count). The first kappa shape index (κ1) is 19.1. The molecule has 0 saturated carbocycles. The fourth-order valence-electron chi connectivity index (χ4n) is 3.16. The van der Waals surface area contributed by atoms with Crippen LogP contribution in [0.5, 0.6) is 0 Å². The predicted molar refractivity (Wildman–Crippen MR) is 105 cm³/mol. The van der Waals surface area contributed by atoms with Gasteiger partial charge in [0.2, 0.25) is 0 Å². The molecule has 2 heterocycles. The number of carbonyl (C=O) groups excluding carboxylic acids is 1. The molecule has 0 unspecified atom stereocenters. The molecule has 0 aliphatic carbocycles. The summed E-state index contributed by atoms with van der Waals surface area (Å²) >= 11 is 0. The van der Waals surface area contributed by atoms with E-state index in [4.69, 9.17) is 0 Å². The largest absolute Gasteiger partial charge is 0.366 e. The van der Waals surface area contributed by atoms with Gasteiger partial charge < -0.3 is 14.7 Å². The molecule has 0 atom stereocenters. The summed E-state index contributed by atoms with van der Waals surface area (Å²) in [6.07, 6.45) is 5.40. The van der Waals surface area contributed by atoms with E-state index >= 15 is 0 Å². The van der Waals surface area contributed by atoms with Crippen LogP contribution in [0.3, 0.4) is 0 Å². The van der Waals surface area contributed by atoms with Gasteiger partial charge in [-0.05, 0) is 18.6 Å². The van der Waals surface area contributed by atoms with Crippen molar-refractivity contribution in [1.29, 1.82) is 0 Å². The Bertz CT molecular complexity index is 759. The SMILES string of the molecule is CCCCN(C)c1cnc(C(=O)N2CCN(c3ccccc3F)CC2)cn1. The van der Waals surface area contributed by atoms with Crippen LogP contribution in [0, 0.1) is 5.82 Å². The third-order valence-electron chi connectivity index (χ3n) is 4.86. The Morgan fingerprint density at radius 2 is 1.89 bits per heavy atom. The molecule has 1 aliphatic rings. The molecule has 7 heteroatoms. The summed E-state index contributed by atoms with van der Waals surface area (Å²) in [5.41, 5.74) is 0.936. The van der Waals surface area contributed by atoms with Crippen LogP contribution in [-0.2, 0) is 0 Å². The van der Waals surface area contributed by atoms with E-state index in [1.807, 2.05) is 22.9 Å². The van der Waals surface area contributed by atoms with E-state index in [2.05, 4.69) is 16.9 Å². The molecular weight excluding hydrogens is 345 g/mol. The number of amides is 1. The predicted octanol–water partition coefficient (Wildman–Crippen LogP) is 2.81. The highest BCUT2D eigenvalue weighted by atomic mass is 19.1. The lowest BCUT2D eigenvalue weighted by Gasteiger charge is -2.36. The Morgan fingerprint density at radius 1 is 1.15 bits per heavy atom. The molecule has 1 saturated heterocycles. The average molecular weight is 371 g/mol. The number of hydrogen-bond donors (Lipinski definition) is 0. The zero-order valence-corrected chi connectivity index (χ0v) is 15.9. The second kappa shape index (κ2) is 8.79. The number of rotatable bonds is 6. The van der Waals surface area contributed by atoms with Crippen LogP contribution in [0.15, 0.2) is 36.7 Å². The number of anilines is 2. The highest BCUT2D eigenvalue weighted by Gasteiger charge is 2.24. The lowest BCUT2D eigenvalue weighted by Crippen LogP contribution is -2.49. The summed E-state index contributed by atoms with van der Waals surface area (Å²) < 4.78 is 13.9. The molecule has 0 spiro atoms. The molecule has 1 aliphatic heterocycles. The molecule has 1 amide bonds. The number of piperazine rings is 1. The standard InChI is InChI=1S/C20H26FN5O/c1-3-4-9-24(2)19-15-22-17(14-23-19)20(27)26-12-10-25(11-13-26)18-8-6-5-7-16(18)21/h5-8,14-15H,3-4,9-13H2,1-2H3. The van der Waals surface area contributed by atoms with Gasteiger partial charge >= 0.3 is 0 Å². The van der Waals surface area contributed by atoms with E-state index < -0.39 is 0 Å². The van der Waals surface area contributed by atoms with Crippen molar-refractivity contribution in [1.82, 2.24) is 14.9 Å². The van der Waals surface area contributed by atoms with Crippen LogP contribution in [0.2, 0.25) is 0 Å². The summed E-state index contributed by atoms with van der Waals surface area (Å²) in [6, 6.07) is 6.73. The lowest BCUT2D eigenvalue weighted by molar-refractivity contribution is 0.0740. The topological polar surface area (TPSA) is 52.6 Å². The number of nitrogens with zero attached hydrogens (tertiary/aromatic N) is 5. The summed E-state index contributed by atoms with van der Waals surface area (Å²) in [5.74, 6) is 0.411. The Hall–Kier alpha value is -2.70. The third-order valence-corrected chi connectivity index (χ3v) is 4.86. The summed E-state index contributed by atoms with van der Waals surface area (Å²) in [6.45, 7) is 5.32. The van der Waals surface area contributed by atoms with E-state index in [1.165, 1.54) is 6.07 Å². The van der Waals surface area contributed by atoms with Crippen LogP contribution < -0.4 is 9.80 Å². The quantitative estimate of drug-likeness (QED) is 0.782. The molecule has 144 valence electrons. The Balaban J connectivity index is 1.58. The van der Waals surface area contributed by atoms with Gasteiger partial charge in [0.25, 0.3) is 5.91 Å². The third kappa shape index (κ3) is 4.53. The lowest BCUT2D eigenvalue weighted by atomic mass is 10.2. The van der Waals surface area contributed by atoms with Crippen molar-refractivity contribution in [2.45, 2.75) is 19.8 Å². The number of aromatic nitrogens is 2. The van der Waals surface area contributed by atoms with E-state index in [0.717, 1.165) is 25.2 Å². The van der Waals surface area contributed by atoms with E-state index in [9.17, 15) is 9.18 Å². The van der Waals surface area contributed by atoms with Crippen LogP contribution in [0.4, 0.5) is 15.9 Å². The second-order valence-corrected chi connectivity index (χ2v) is 6.77. The van der Waals surface area contributed by atoms with Crippen molar-refractivity contribution in [2.24, 2.45) is 0 Å². The highest BCUT2D eigenvalue weighted by molar-refractivity contribution is 5.92. The monoisotopic (exact) mass is 371 g/mol. The van der Waals surface area contributed by atoms with E-state index in [0.29, 0.717) is 37.6 Å². The molecule has 1 aromatic carbocycles. The molecule has 1 fully saturated rings. The first-order valence-corrected chi connectivity index (χ1v) is 9.42. The van der Waals surface area contributed by atoms with Crippen molar-refractivity contribution < 1.29 is 9.18 Å². The Kier molecular flexibility index (Phi) is 6.21. The van der Waals surface area contributed by atoms with Crippen LogP contribution in [0.1, 0.15) is 30.3 Å². The van der Waals surface area contributed by atoms with Crippen LogP contribution in [-0.4, -0.2) is 60.5 Å². The van der Waals surface area contributed by atoms with E-state index in [1.54, 1.807) is 29.4 Å². The van der Waals surface area contributed by atoms with Crippen molar-refractivity contribution in [2.75, 3.05) is 49.6 Å². The van der Waals surface area contributed by atoms with Crippen molar-refractivity contribution >= 4 is 17.4 Å². The molecule has 0 bridgehead atoms. The van der Waals surface area contributed by atoms with Gasteiger partial charge in [0, 0.05) is 39.8 Å². The van der Waals surface area contributed by atoms with E-state index in [-0.39, 0.29) is 11.7 Å². The number of unbranched alkanes of at least 4 members (excludes halogenated alkanes) is 1. The molecular formula is C20H26FN5O. The second-order valence-electron chi connectivity index (χ2n) is 6.77. The number of para-hydroxylation sites is 1. The fraction of sp³-hybridized carbons (Fsp3) is 0.450. The minimum atomic E-state index is -0.231. The highest BCUT2D eigenvalue weighted by Crippen LogP contribution is 2.20. The minimum Gasteiger partial charge on any atom is -0.366 e. The first-order chi connectivity index (χ1) is 13.1. The molecule has 2 aromatic rings. The summed E-state index contributed by atoms with van der Waals surface area (Å²) in [7, 11) is 1.98. The maximum Gasteiger partial charge on any atom is 0.274 e. The van der Waals surface area contributed by atoms with Crippen molar-refractivity contribution in [3.63, 3.8) is 0 Å². The molecule has 1 aromatic heterocycles. The zero-order chi connectivity index (χ0) is 19.2. The number of benzene rings is 1. The van der Waals surface area contributed by atoms with Gasteiger partial charge in [0.1, 0.15) is 17.3 Å². The summed E-state index contributed by atoms with van der Waals surface area (Å²) in [5, 5.41) is 0. The summed E-state index contributed by atoms with van der Waals surface area (Å²) in [4.78, 5) is 27.1. The van der Waals surface area contributed by atoms with Crippen LogP contribution in [0.25, 0.3) is 0 Å². The average Bonchev–Trinajstić information content (AvgIpc) is 2.72. The van der Waals surface area contributed by atoms with Gasteiger partial charge in [-0.15, -0.1) is 0 Å². The Labute approximate surface area is 159 Å². The molecule has 0 N–H and O–H groups in total. The molecule has 27 heavy (non-hydrogen) atoms. The van der Waals surface area contributed by atoms with Gasteiger partial charge in [-0.1, -0.05) is 25.5 Å². The van der Waals surface area contributed by atoms with Gasteiger partial charge in [-0.25, -0.2) is 14.4 Å². The van der Waals surface area contributed by atoms with Crippen LogP contribution >= 0.6 is 0 Å². The number of halogens is 1. The fourth-order valence-corrected chi connectivity index (χ4v) is 3.16. The van der Waals surface area contributed by atoms with Gasteiger partial charge in [-0.3, -0.25) is 4.79 Å². The number of carbonyl (C=O) groups is 1. The zero-order valence-electron chi connectivity index (χ0n) is 15.9. The normalized spacial score (nSPS) is 14.3. The van der Waals surface area contributed by atoms with Gasteiger partial charge in [-0.2, -0.15) is 0 Å². The minimum absolute atomic E-state index is 0.126. The smallest absolute Gasteiger partial charge is 0.274 e. The van der Waals surface area contributed by atoms with Gasteiger partial charge in [0.05, 0.1) is 18.1 Å². The first-order valence-electron chi connectivity index (χ1n) is 9.42. The van der Waals surface area contributed by atoms with Gasteiger partial charge in [0.15, 0.2) is 0 Å². The maximum atomic E-state index is 13.9. The molecule has 0 radical (unpaired) electrons. The Morgan fingerprint density at radius 3 is 2.52 bits per heavy atom. The molecule has 6 nitrogen and oxygen atoms in total.